The molecule has 0 unspecified atom stereocenters. The largest absolute Gasteiger partial charge is 0.573 e. The van der Waals surface area contributed by atoms with Crippen molar-refractivity contribution >= 4 is 5.91 Å². The van der Waals surface area contributed by atoms with Crippen LogP contribution in [0, 0.1) is 5.41 Å². The third kappa shape index (κ3) is 6.03. The molecule has 4 nitrogen and oxygen atoms in total. The third-order valence-electron chi connectivity index (χ3n) is 2.87. The second-order valence-corrected chi connectivity index (χ2v) is 5.36. The van der Waals surface area contributed by atoms with Crippen LogP contribution in [0.25, 0.3) is 0 Å². The molecule has 7 heteroatoms. The van der Waals surface area contributed by atoms with Gasteiger partial charge in [0.1, 0.15) is 5.75 Å². The molecule has 0 aromatic heterocycles. The van der Waals surface area contributed by atoms with Crippen LogP contribution in [0.2, 0.25) is 0 Å². The van der Waals surface area contributed by atoms with Crippen LogP contribution >= 0.6 is 0 Å². The molecular weight excluding hydrogens is 287 g/mol. The number of amides is 1. The van der Waals surface area contributed by atoms with Crippen molar-refractivity contribution in [2.45, 2.75) is 26.6 Å². The van der Waals surface area contributed by atoms with E-state index < -0.39 is 18.0 Å². The van der Waals surface area contributed by atoms with Crippen molar-refractivity contribution in [3.8, 4) is 5.75 Å². The molecule has 0 spiro atoms. The number of para-hydroxylation sites is 1. The molecule has 0 fully saturated rings. The van der Waals surface area contributed by atoms with E-state index in [0.29, 0.717) is 6.42 Å². The minimum absolute atomic E-state index is 0.0311. The maximum absolute atomic E-state index is 12.3. The summed E-state index contributed by atoms with van der Waals surface area (Å²) in [6, 6.07) is 5.15. The molecule has 1 aromatic rings. The minimum atomic E-state index is -4.85. The number of carbonyl (C=O) groups excluding carboxylic acids is 1. The van der Waals surface area contributed by atoms with Gasteiger partial charge in [-0.1, -0.05) is 26.0 Å². The highest BCUT2D eigenvalue weighted by atomic mass is 19.4. The lowest BCUT2D eigenvalue weighted by Crippen LogP contribution is -2.35. The first-order chi connectivity index (χ1) is 9.64. The fraction of sp³-hybridized carbons (Fsp3) is 0.500. The first-order valence-corrected chi connectivity index (χ1v) is 6.38. The first-order valence-electron chi connectivity index (χ1n) is 6.38. The van der Waals surface area contributed by atoms with Crippen LogP contribution in [-0.2, 0) is 0 Å². The van der Waals surface area contributed by atoms with Crippen LogP contribution in [-0.4, -0.2) is 30.5 Å². The number of rotatable bonds is 6. The zero-order valence-electron chi connectivity index (χ0n) is 11.8. The number of aliphatic hydroxyl groups is 1. The number of nitrogens with one attached hydrogen (secondary N) is 1. The van der Waals surface area contributed by atoms with Crippen LogP contribution < -0.4 is 10.1 Å². The van der Waals surface area contributed by atoms with Gasteiger partial charge in [-0.2, -0.15) is 0 Å². The molecule has 21 heavy (non-hydrogen) atoms. The lowest BCUT2D eigenvalue weighted by Gasteiger charge is -2.24. The molecule has 0 heterocycles. The molecule has 0 saturated heterocycles. The number of alkyl halides is 3. The van der Waals surface area contributed by atoms with Gasteiger partial charge in [-0.25, -0.2) is 0 Å². The van der Waals surface area contributed by atoms with Gasteiger partial charge < -0.3 is 15.2 Å². The number of aliphatic hydroxyl groups excluding tert-OH is 1. The molecule has 0 atom stereocenters. The highest BCUT2D eigenvalue weighted by Crippen LogP contribution is 2.26. The highest BCUT2D eigenvalue weighted by molar-refractivity contribution is 5.96. The Labute approximate surface area is 120 Å². The van der Waals surface area contributed by atoms with Crippen molar-refractivity contribution in [3.05, 3.63) is 29.8 Å². The Kier molecular flexibility index (Phi) is 5.60. The van der Waals surface area contributed by atoms with Gasteiger partial charge in [-0.3, -0.25) is 4.79 Å². The van der Waals surface area contributed by atoms with Crippen molar-refractivity contribution in [2.24, 2.45) is 5.41 Å². The van der Waals surface area contributed by atoms with Gasteiger partial charge in [0, 0.05) is 13.2 Å². The Morgan fingerprint density at radius 2 is 1.90 bits per heavy atom. The van der Waals surface area contributed by atoms with Gasteiger partial charge in [0.05, 0.1) is 5.56 Å². The summed E-state index contributed by atoms with van der Waals surface area (Å²) in [5.74, 6) is -1.19. The summed E-state index contributed by atoms with van der Waals surface area (Å²) < 4.78 is 40.7. The van der Waals surface area contributed by atoms with Crippen LogP contribution in [0.1, 0.15) is 30.6 Å². The number of halogens is 3. The lowest BCUT2D eigenvalue weighted by atomic mass is 9.89. The van der Waals surface area contributed by atoms with Crippen LogP contribution in [0.4, 0.5) is 13.2 Å². The van der Waals surface area contributed by atoms with E-state index in [-0.39, 0.29) is 24.1 Å². The second-order valence-electron chi connectivity index (χ2n) is 5.36. The Balaban J connectivity index is 2.79. The average molecular weight is 305 g/mol. The summed E-state index contributed by atoms with van der Waals surface area (Å²) in [4.78, 5) is 12.0. The van der Waals surface area contributed by atoms with E-state index >= 15 is 0 Å². The Morgan fingerprint density at radius 1 is 1.29 bits per heavy atom. The van der Waals surface area contributed by atoms with E-state index in [1.165, 1.54) is 18.2 Å². The van der Waals surface area contributed by atoms with Crippen molar-refractivity contribution in [1.29, 1.82) is 0 Å². The zero-order chi connectivity index (χ0) is 16.1. The maximum Gasteiger partial charge on any atom is 0.573 e. The van der Waals surface area contributed by atoms with Gasteiger partial charge in [0.25, 0.3) is 5.91 Å². The van der Waals surface area contributed by atoms with E-state index in [1.807, 2.05) is 13.8 Å². The quantitative estimate of drug-likeness (QED) is 0.849. The monoisotopic (exact) mass is 305 g/mol. The summed E-state index contributed by atoms with van der Waals surface area (Å²) >= 11 is 0. The molecule has 0 saturated carbocycles. The topological polar surface area (TPSA) is 58.6 Å². The molecule has 0 bridgehead atoms. The standard InChI is InChI=1S/C14H18F3NO3/c1-13(2,7-8-19)9-18-12(20)10-5-3-4-6-11(10)21-14(15,16)17/h3-6,19H,7-9H2,1-2H3,(H,18,20). The molecule has 118 valence electrons. The zero-order valence-corrected chi connectivity index (χ0v) is 11.8. The molecule has 1 amide bonds. The molecular formula is C14H18F3NO3. The Morgan fingerprint density at radius 3 is 2.48 bits per heavy atom. The van der Waals surface area contributed by atoms with E-state index in [9.17, 15) is 18.0 Å². The number of benzene rings is 1. The summed E-state index contributed by atoms with van der Waals surface area (Å²) in [6.45, 7) is 3.87. The summed E-state index contributed by atoms with van der Waals surface area (Å²) in [7, 11) is 0. The molecule has 0 radical (unpaired) electrons. The van der Waals surface area contributed by atoms with E-state index in [2.05, 4.69) is 10.1 Å². The van der Waals surface area contributed by atoms with Crippen molar-refractivity contribution in [1.82, 2.24) is 5.32 Å². The van der Waals surface area contributed by atoms with E-state index in [4.69, 9.17) is 5.11 Å². The SMILES string of the molecule is CC(C)(CCO)CNC(=O)c1ccccc1OC(F)(F)F. The fourth-order valence-corrected chi connectivity index (χ4v) is 1.67. The molecule has 0 aliphatic rings. The lowest BCUT2D eigenvalue weighted by molar-refractivity contribution is -0.274. The number of ether oxygens (including phenoxy) is 1. The molecule has 0 aliphatic heterocycles. The predicted octanol–water partition coefficient (Wildman–Crippen LogP) is 2.72. The van der Waals surface area contributed by atoms with E-state index in [1.54, 1.807) is 0 Å². The van der Waals surface area contributed by atoms with Crippen molar-refractivity contribution in [2.75, 3.05) is 13.2 Å². The predicted molar refractivity (Wildman–Crippen MR) is 70.9 cm³/mol. The van der Waals surface area contributed by atoms with Crippen LogP contribution in [0.3, 0.4) is 0 Å². The van der Waals surface area contributed by atoms with Gasteiger partial charge in [-0.15, -0.1) is 13.2 Å². The Bertz CT molecular complexity index is 487. The molecule has 1 aromatic carbocycles. The van der Waals surface area contributed by atoms with Gasteiger partial charge in [0.2, 0.25) is 0 Å². The fourth-order valence-electron chi connectivity index (χ4n) is 1.67. The minimum Gasteiger partial charge on any atom is -0.405 e. The number of hydrogen-bond donors (Lipinski definition) is 2. The highest BCUT2D eigenvalue weighted by Gasteiger charge is 2.33. The summed E-state index contributed by atoms with van der Waals surface area (Å²) in [6.07, 6.45) is -4.39. The van der Waals surface area contributed by atoms with Gasteiger partial charge in [-0.05, 0) is 24.0 Å². The van der Waals surface area contributed by atoms with E-state index in [0.717, 1.165) is 6.07 Å². The van der Waals surface area contributed by atoms with Crippen molar-refractivity contribution < 1.29 is 27.8 Å². The summed E-state index contributed by atoms with van der Waals surface area (Å²) in [5.41, 5.74) is -0.542. The van der Waals surface area contributed by atoms with Gasteiger partial charge >= 0.3 is 6.36 Å². The normalized spacial score (nSPS) is 12.1. The van der Waals surface area contributed by atoms with Crippen LogP contribution in [0.15, 0.2) is 24.3 Å². The second kappa shape index (κ2) is 6.80. The first kappa shape index (κ1) is 17.3. The smallest absolute Gasteiger partial charge is 0.405 e. The van der Waals surface area contributed by atoms with Crippen molar-refractivity contribution in [3.63, 3.8) is 0 Å². The number of hydrogen-bond acceptors (Lipinski definition) is 3. The van der Waals surface area contributed by atoms with Gasteiger partial charge in [0.15, 0.2) is 0 Å². The van der Waals surface area contributed by atoms with Crippen LogP contribution in [0.5, 0.6) is 5.75 Å². The molecule has 2 N–H and O–H groups in total. The Hall–Kier alpha value is -1.76. The molecule has 1 rings (SSSR count). The third-order valence-corrected chi connectivity index (χ3v) is 2.87. The maximum atomic E-state index is 12.3. The summed E-state index contributed by atoms with van der Waals surface area (Å²) in [5, 5.41) is 11.5. The average Bonchev–Trinajstić information content (AvgIpc) is 2.35. The molecule has 0 aliphatic carbocycles. The number of carbonyl (C=O) groups is 1.